The Morgan fingerprint density at radius 3 is 2.24 bits per heavy atom. The van der Waals surface area contributed by atoms with Crippen molar-refractivity contribution in [3.8, 4) is 0 Å². The van der Waals surface area contributed by atoms with E-state index in [1.165, 1.54) is 0 Å². The van der Waals surface area contributed by atoms with Crippen LogP contribution in [0.15, 0.2) is 48.5 Å². The molecule has 2 amide bonds. The van der Waals surface area contributed by atoms with Crippen LogP contribution in [0.25, 0.3) is 0 Å². The smallest absolute Gasteiger partial charge is 0.251 e. The van der Waals surface area contributed by atoms with Crippen LogP contribution in [0.3, 0.4) is 0 Å². The second-order valence-electron chi connectivity index (χ2n) is 5.86. The van der Waals surface area contributed by atoms with Crippen LogP contribution in [-0.4, -0.2) is 36.9 Å². The van der Waals surface area contributed by atoms with Crippen LogP contribution in [0.2, 0.25) is 5.02 Å². The van der Waals surface area contributed by atoms with Crippen LogP contribution in [0, 0.1) is 0 Å². The van der Waals surface area contributed by atoms with Gasteiger partial charge in [-0.1, -0.05) is 23.7 Å². The number of halogens is 1. The standard InChI is InChI=1S/C19H22ClN3O2/c1-13(18(24)22-17-10-8-16(20)9-11-17)23(3)12-14-4-6-15(7-5-14)19(25)21-2/h4-11,13H,12H2,1-3H3,(H,21,25)(H,22,24)/t13-/m0/s1. The number of amides is 2. The molecule has 2 aromatic carbocycles. The molecule has 0 aromatic heterocycles. The maximum Gasteiger partial charge on any atom is 0.251 e. The summed E-state index contributed by atoms with van der Waals surface area (Å²) in [6.07, 6.45) is 0. The van der Waals surface area contributed by atoms with E-state index in [4.69, 9.17) is 11.6 Å². The average Bonchev–Trinajstić information content (AvgIpc) is 2.62. The normalized spacial score (nSPS) is 11.9. The Kier molecular flexibility index (Phi) is 6.56. The van der Waals surface area contributed by atoms with E-state index in [2.05, 4.69) is 10.6 Å². The summed E-state index contributed by atoms with van der Waals surface area (Å²) in [7, 11) is 3.49. The third-order valence-corrected chi connectivity index (χ3v) is 4.28. The first-order chi connectivity index (χ1) is 11.9. The lowest BCUT2D eigenvalue weighted by Crippen LogP contribution is -2.39. The first-order valence-corrected chi connectivity index (χ1v) is 8.36. The molecule has 0 aliphatic heterocycles. The van der Waals surface area contributed by atoms with Crippen LogP contribution < -0.4 is 10.6 Å². The predicted molar refractivity (Wildman–Crippen MR) is 101 cm³/mol. The largest absolute Gasteiger partial charge is 0.355 e. The second-order valence-corrected chi connectivity index (χ2v) is 6.30. The molecule has 0 bridgehead atoms. The number of anilines is 1. The molecular formula is C19H22ClN3O2. The molecule has 0 heterocycles. The van der Waals surface area contributed by atoms with E-state index in [1.54, 1.807) is 43.4 Å². The Morgan fingerprint density at radius 2 is 1.68 bits per heavy atom. The lowest BCUT2D eigenvalue weighted by Gasteiger charge is -2.24. The Balaban J connectivity index is 1.94. The van der Waals surface area contributed by atoms with Gasteiger partial charge in [-0.25, -0.2) is 0 Å². The summed E-state index contributed by atoms with van der Waals surface area (Å²) >= 11 is 5.85. The maximum absolute atomic E-state index is 12.4. The van der Waals surface area contributed by atoms with Gasteiger partial charge in [-0.05, 0) is 55.9 Å². The number of likely N-dealkylation sites (N-methyl/N-ethyl adjacent to an activating group) is 1. The molecule has 132 valence electrons. The summed E-state index contributed by atoms with van der Waals surface area (Å²) in [6.45, 7) is 2.45. The van der Waals surface area contributed by atoms with Crippen LogP contribution in [0.4, 0.5) is 5.69 Å². The molecule has 0 aliphatic rings. The number of carbonyl (C=O) groups excluding carboxylic acids is 2. The molecule has 6 heteroatoms. The van der Waals surface area contributed by atoms with Gasteiger partial charge in [0.15, 0.2) is 0 Å². The predicted octanol–water partition coefficient (Wildman–Crippen LogP) is 3.16. The number of benzene rings is 2. The topological polar surface area (TPSA) is 61.4 Å². The number of carbonyl (C=O) groups is 2. The monoisotopic (exact) mass is 359 g/mol. The van der Waals surface area contributed by atoms with Crippen LogP contribution in [-0.2, 0) is 11.3 Å². The van der Waals surface area contributed by atoms with Crippen molar-refractivity contribution in [3.05, 3.63) is 64.7 Å². The van der Waals surface area contributed by atoms with Crippen molar-refractivity contribution >= 4 is 29.1 Å². The van der Waals surface area contributed by atoms with Gasteiger partial charge in [-0.15, -0.1) is 0 Å². The average molecular weight is 360 g/mol. The van der Waals surface area contributed by atoms with Gasteiger partial charge in [0.2, 0.25) is 5.91 Å². The van der Waals surface area contributed by atoms with Gasteiger partial charge in [0.1, 0.15) is 0 Å². The molecule has 0 unspecified atom stereocenters. The fourth-order valence-electron chi connectivity index (χ4n) is 2.31. The summed E-state index contributed by atoms with van der Waals surface area (Å²) < 4.78 is 0. The lowest BCUT2D eigenvalue weighted by atomic mass is 10.1. The highest BCUT2D eigenvalue weighted by Gasteiger charge is 2.18. The van der Waals surface area contributed by atoms with E-state index >= 15 is 0 Å². The van der Waals surface area contributed by atoms with Gasteiger partial charge < -0.3 is 10.6 Å². The van der Waals surface area contributed by atoms with E-state index in [0.717, 1.165) is 5.56 Å². The van der Waals surface area contributed by atoms with Crippen LogP contribution >= 0.6 is 11.6 Å². The minimum atomic E-state index is -0.311. The zero-order chi connectivity index (χ0) is 18.4. The van der Waals surface area contributed by atoms with Crippen molar-refractivity contribution in [1.29, 1.82) is 0 Å². The molecule has 25 heavy (non-hydrogen) atoms. The molecule has 0 saturated carbocycles. The highest BCUT2D eigenvalue weighted by atomic mass is 35.5. The van der Waals surface area contributed by atoms with E-state index < -0.39 is 0 Å². The fourth-order valence-corrected chi connectivity index (χ4v) is 2.44. The molecule has 0 fully saturated rings. The lowest BCUT2D eigenvalue weighted by molar-refractivity contribution is -0.120. The number of nitrogens with one attached hydrogen (secondary N) is 2. The molecule has 0 radical (unpaired) electrons. The Bertz CT molecular complexity index is 729. The fraction of sp³-hybridized carbons (Fsp3) is 0.263. The summed E-state index contributed by atoms with van der Waals surface area (Å²) in [4.78, 5) is 25.9. The first-order valence-electron chi connectivity index (χ1n) is 7.98. The highest BCUT2D eigenvalue weighted by Crippen LogP contribution is 2.15. The third kappa shape index (κ3) is 5.31. The summed E-state index contributed by atoms with van der Waals surface area (Å²) in [5.74, 6) is -0.206. The number of rotatable bonds is 6. The van der Waals surface area contributed by atoms with Crippen LogP contribution in [0.5, 0.6) is 0 Å². The first kappa shape index (κ1) is 19.0. The highest BCUT2D eigenvalue weighted by molar-refractivity contribution is 6.30. The minimum Gasteiger partial charge on any atom is -0.355 e. The molecule has 0 aliphatic carbocycles. The van der Waals surface area contributed by atoms with Crippen molar-refractivity contribution in [2.24, 2.45) is 0 Å². The molecule has 1 atom stereocenters. The number of nitrogens with zero attached hydrogens (tertiary/aromatic N) is 1. The van der Waals surface area contributed by atoms with Gasteiger partial charge in [-0.2, -0.15) is 0 Å². The van der Waals surface area contributed by atoms with Gasteiger partial charge in [-0.3, -0.25) is 14.5 Å². The summed E-state index contributed by atoms with van der Waals surface area (Å²) in [6, 6.07) is 14.0. The van der Waals surface area contributed by atoms with Crippen molar-refractivity contribution < 1.29 is 9.59 Å². The molecule has 0 spiro atoms. The summed E-state index contributed by atoms with van der Waals surface area (Å²) in [5, 5.41) is 6.09. The second kappa shape index (κ2) is 8.65. The Morgan fingerprint density at radius 1 is 1.08 bits per heavy atom. The summed E-state index contributed by atoms with van der Waals surface area (Å²) in [5.41, 5.74) is 2.35. The Labute approximate surface area is 153 Å². The minimum absolute atomic E-state index is 0.0909. The quantitative estimate of drug-likeness (QED) is 0.832. The zero-order valence-electron chi connectivity index (χ0n) is 14.5. The van der Waals surface area contributed by atoms with E-state index in [1.807, 2.05) is 31.0 Å². The number of hydrogen-bond acceptors (Lipinski definition) is 3. The van der Waals surface area contributed by atoms with Gasteiger partial charge in [0.05, 0.1) is 6.04 Å². The van der Waals surface area contributed by atoms with Crippen molar-refractivity contribution in [3.63, 3.8) is 0 Å². The van der Waals surface area contributed by atoms with Crippen molar-refractivity contribution in [2.75, 3.05) is 19.4 Å². The molecule has 2 aromatic rings. The number of hydrogen-bond donors (Lipinski definition) is 2. The van der Waals surface area contributed by atoms with E-state index in [0.29, 0.717) is 22.8 Å². The van der Waals surface area contributed by atoms with Crippen molar-refractivity contribution in [2.45, 2.75) is 19.5 Å². The van der Waals surface area contributed by atoms with E-state index in [9.17, 15) is 9.59 Å². The van der Waals surface area contributed by atoms with Gasteiger partial charge >= 0.3 is 0 Å². The Hall–Kier alpha value is -2.37. The molecule has 5 nitrogen and oxygen atoms in total. The molecule has 2 N–H and O–H groups in total. The molecule has 0 saturated heterocycles. The third-order valence-electron chi connectivity index (χ3n) is 4.03. The van der Waals surface area contributed by atoms with E-state index in [-0.39, 0.29) is 17.9 Å². The van der Waals surface area contributed by atoms with Gasteiger partial charge in [0.25, 0.3) is 5.91 Å². The maximum atomic E-state index is 12.4. The van der Waals surface area contributed by atoms with Crippen LogP contribution in [0.1, 0.15) is 22.8 Å². The zero-order valence-corrected chi connectivity index (χ0v) is 15.3. The SMILES string of the molecule is CNC(=O)c1ccc(CN(C)[C@@H](C)C(=O)Nc2ccc(Cl)cc2)cc1. The molecule has 2 rings (SSSR count). The van der Waals surface area contributed by atoms with Gasteiger partial charge in [0, 0.05) is 29.9 Å². The molecular weight excluding hydrogens is 338 g/mol. The van der Waals surface area contributed by atoms with Crippen molar-refractivity contribution in [1.82, 2.24) is 10.2 Å².